The first-order valence-electron chi connectivity index (χ1n) is 21.1. The van der Waals surface area contributed by atoms with Crippen LogP contribution in [0, 0.1) is 12.1 Å². The van der Waals surface area contributed by atoms with Gasteiger partial charge in [0, 0.05) is 30.9 Å². The van der Waals surface area contributed by atoms with Crippen LogP contribution in [0.3, 0.4) is 0 Å². The predicted molar refractivity (Wildman–Crippen MR) is 262 cm³/mol. The molecule has 309 valence electrons. The second kappa shape index (κ2) is 19.6. The van der Waals surface area contributed by atoms with Crippen LogP contribution in [0.4, 0.5) is 0 Å². The molecule has 64 heavy (non-hydrogen) atoms. The molecule has 0 N–H and O–H groups in total. The Hall–Kier alpha value is -7.69. The van der Waals surface area contributed by atoms with Gasteiger partial charge in [-0.05, 0) is 45.8 Å². The van der Waals surface area contributed by atoms with Gasteiger partial charge in [-0.3, -0.25) is 9.97 Å². The summed E-state index contributed by atoms with van der Waals surface area (Å²) in [5.74, 6) is 0. The van der Waals surface area contributed by atoms with Crippen LogP contribution in [0.25, 0.3) is 93.4 Å². The van der Waals surface area contributed by atoms with Crippen molar-refractivity contribution in [2.45, 2.75) is 6.04 Å². The Morgan fingerprint density at radius 1 is 0.438 bits per heavy atom. The molecule has 0 aliphatic carbocycles. The third-order valence-electron chi connectivity index (χ3n) is 11.2. The predicted octanol–water partition coefficient (Wildman–Crippen LogP) is 15.2. The number of para-hydroxylation sites is 2. The van der Waals surface area contributed by atoms with E-state index in [2.05, 4.69) is 180 Å². The fourth-order valence-electron chi connectivity index (χ4n) is 8.14. The largest absolute Gasteiger partial charge is 0.683 e. The van der Waals surface area contributed by atoms with E-state index in [0.29, 0.717) is 0 Å². The van der Waals surface area contributed by atoms with Crippen molar-refractivity contribution >= 4 is 43.4 Å². The van der Waals surface area contributed by atoms with Crippen LogP contribution in [0.2, 0.25) is 0 Å². The summed E-state index contributed by atoms with van der Waals surface area (Å²) in [6.07, 6.45) is 9.53. The van der Waals surface area contributed by atoms with Gasteiger partial charge >= 0.3 is 0 Å². The number of nitrogens with zero attached hydrogens (tertiary/aromatic N) is 4. The molecular formula is C59H40IrN4-4. The second-order valence-corrected chi connectivity index (χ2v) is 15.1. The van der Waals surface area contributed by atoms with Crippen molar-refractivity contribution in [3.05, 3.63) is 260 Å². The van der Waals surface area contributed by atoms with Crippen molar-refractivity contribution in [3.63, 3.8) is 0 Å². The minimum absolute atomic E-state index is 0. The number of benzene rings is 8. The van der Waals surface area contributed by atoms with E-state index in [1.54, 1.807) is 12.4 Å². The molecule has 4 heterocycles. The minimum Gasteiger partial charge on any atom is -0.683 e. The van der Waals surface area contributed by atoms with Gasteiger partial charge in [-0.1, -0.05) is 205 Å². The van der Waals surface area contributed by atoms with E-state index >= 15 is 0 Å². The molecule has 12 rings (SSSR count). The maximum absolute atomic E-state index is 4.95. The van der Waals surface area contributed by atoms with E-state index in [-0.39, 0.29) is 26.1 Å². The van der Waals surface area contributed by atoms with Gasteiger partial charge in [0.2, 0.25) is 0 Å². The van der Waals surface area contributed by atoms with Gasteiger partial charge in [0.05, 0.1) is 11.0 Å². The van der Waals surface area contributed by atoms with Crippen molar-refractivity contribution in [2.75, 3.05) is 0 Å². The number of rotatable bonds is 5. The van der Waals surface area contributed by atoms with E-state index in [1.165, 1.54) is 54.6 Å². The summed E-state index contributed by atoms with van der Waals surface area (Å²) in [5, 5.41) is 11.3. The quantitative estimate of drug-likeness (QED) is 0.161. The van der Waals surface area contributed by atoms with Gasteiger partial charge < -0.3 is 10.3 Å². The van der Waals surface area contributed by atoms with Crippen LogP contribution in [-0.4, -0.2) is 9.97 Å². The number of hydrogen-bond acceptors (Lipinski definition) is 2. The van der Waals surface area contributed by atoms with Crippen molar-refractivity contribution < 1.29 is 20.1 Å². The smallest absolute Gasteiger partial charge is 0.0601 e. The molecule has 0 bridgehead atoms. The first-order chi connectivity index (χ1) is 31.3. The summed E-state index contributed by atoms with van der Waals surface area (Å²) >= 11 is 0. The van der Waals surface area contributed by atoms with Crippen molar-refractivity contribution in [1.29, 1.82) is 0 Å². The number of fused-ring (bicyclic) bond motifs is 4. The molecule has 0 spiro atoms. The molecule has 1 radical (unpaired) electrons. The molecule has 1 atom stereocenters. The second-order valence-electron chi connectivity index (χ2n) is 15.1. The van der Waals surface area contributed by atoms with Crippen LogP contribution in [0.1, 0.15) is 11.7 Å². The molecule has 1 aliphatic heterocycles. The Labute approximate surface area is 387 Å². The van der Waals surface area contributed by atoms with Gasteiger partial charge in [0.25, 0.3) is 0 Å². The molecule has 0 saturated heterocycles. The maximum Gasteiger partial charge on any atom is 0.0601 e. The Kier molecular flexibility index (Phi) is 12.7. The van der Waals surface area contributed by atoms with Crippen LogP contribution < -0.4 is 4.98 Å². The fraction of sp³-hybridized carbons (Fsp3) is 0.0169. The molecule has 5 heteroatoms. The van der Waals surface area contributed by atoms with E-state index in [4.69, 9.17) is 9.97 Å². The summed E-state index contributed by atoms with van der Waals surface area (Å²) < 4.78 is 0. The van der Waals surface area contributed by atoms with Crippen molar-refractivity contribution in [3.8, 4) is 44.8 Å². The Morgan fingerprint density at radius 3 is 1.38 bits per heavy atom. The van der Waals surface area contributed by atoms with Gasteiger partial charge in [-0.25, -0.2) is 0 Å². The first-order valence-corrected chi connectivity index (χ1v) is 21.1. The third-order valence-corrected chi connectivity index (χ3v) is 11.2. The van der Waals surface area contributed by atoms with E-state index in [9.17, 15) is 0 Å². The average Bonchev–Trinajstić information content (AvgIpc) is 3.92. The van der Waals surface area contributed by atoms with Crippen LogP contribution in [0.5, 0.6) is 0 Å². The third kappa shape index (κ3) is 8.95. The fourth-order valence-corrected chi connectivity index (χ4v) is 8.14. The maximum atomic E-state index is 4.95. The molecule has 11 aromatic rings. The molecule has 1 unspecified atom stereocenters. The summed E-state index contributed by atoms with van der Waals surface area (Å²) in [6.45, 7) is 0. The number of allylic oxidation sites excluding steroid dienone is 2. The van der Waals surface area contributed by atoms with E-state index < -0.39 is 0 Å². The summed E-state index contributed by atoms with van der Waals surface area (Å²) in [6, 6.07) is 77.9. The zero-order valence-corrected chi connectivity index (χ0v) is 37.1. The Balaban J connectivity index is 0.000000130. The number of hydrogen-bond donors (Lipinski definition) is 0. The number of pyridine rings is 2. The van der Waals surface area contributed by atoms with Gasteiger partial charge in [-0.2, -0.15) is 18.1 Å². The average molecular weight is 997 g/mol. The summed E-state index contributed by atoms with van der Waals surface area (Å²) in [5.41, 5.74) is 11.8. The molecule has 3 aromatic heterocycles. The molecule has 4 nitrogen and oxygen atoms in total. The molecular weight excluding hydrogens is 957 g/mol. The molecule has 1 aliphatic rings. The zero-order valence-electron chi connectivity index (χ0n) is 34.7. The van der Waals surface area contributed by atoms with Crippen molar-refractivity contribution in [2.24, 2.45) is 0 Å². The van der Waals surface area contributed by atoms with Gasteiger partial charge in [0.1, 0.15) is 0 Å². The Morgan fingerprint density at radius 2 is 0.906 bits per heavy atom. The molecule has 0 fully saturated rings. The summed E-state index contributed by atoms with van der Waals surface area (Å²) in [4.78, 5) is 14.1. The van der Waals surface area contributed by atoms with Crippen molar-refractivity contribution in [1.82, 2.24) is 15.0 Å². The summed E-state index contributed by atoms with van der Waals surface area (Å²) in [7, 11) is 0. The zero-order chi connectivity index (χ0) is 42.2. The Bertz CT molecular complexity index is 3170. The van der Waals surface area contributed by atoms with Gasteiger partial charge in [0.15, 0.2) is 0 Å². The standard InChI is InChI=1S/2C25H16N.C9H8N2.Ir/c2*1-2-9-19(10-3-1)23-17-25(26-24-16-7-6-14-22(23)24)21-15-8-12-18-11-4-5-13-20(18)21;1-2-6-10-8(4-1)9-5-3-7-11-9;/h2*1-14,16-17H;1-8H;/q2*-1;-2;. The molecule has 8 aromatic carbocycles. The van der Waals surface area contributed by atoms with Crippen LogP contribution >= 0.6 is 0 Å². The van der Waals surface area contributed by atoms with E-state index in [1.807, 2.05) is 66.8 Å². The SMILES string of the molecule is C1=C[N-]C(c2ccc[n-]2)C=C1.[Ir].[c-]1ccc2ccccc2c1-c1cc(-c2ccccc2)c2ccccc2n1.[c-]1ccc2ccccc2c1-c1cc(-c2ccccc2)c2ccccc2n1. The monoisotopic (exact) mass is 997 g/mol. The number of aromatic nitrogens is 3. The first kappa shape index (κ1) is 41.7. The minimum atomic E-state index is 0. The molecule has 0 amide bonds. The topological polar surface area (TPSA) is 54.0 Å². The molecule has 0 saturated carbocycles. The van der Waals surface area contributed by atoms with Gasteiger partial charge in [-0.15, -0.1) is 58.3 Å². The normalized spacial score (nSPS) is 12.7. The van der Waals surface area contributed by atoms with E-state index in [0.717, 1.165) is 39.2 Å². The van der Waals surface area contributed by atoms with Crippen LogP contribution in [-0.2, 0) is 20.1 Å². The van der Waals surface area contributed by atoms with Crippen LogP contribution in [0.15, 0.2) is 237 Å².